The average molecular weight is 524 g/mol. The molecule has 0 spiro atoms. The first kappa shape index (κ1) is 27.7. The average Bonchev–Trinajstić information content (AvgIpc) is 2.88. The summed E-state index contributed by atoms with van der Waals surface area (Å²) in [4.78, 5) is 23.6. The number of halogens is 2. The summed E-state index contributed by atoms with van der Waals surface area (Å²) >= 11 is 0. The minimum absolute atomic E-state index is 0.176. The molecule has 0 bridgehead atoms. The summed E-state index contributed by atoms with van der Waals surface area (Å²) in [5, 5.41) is 19.0. The number of rotatable bonds is 8. The first-order chi connectivity index (χ1) is 18.0. The quantitative estimate of drug-likeness (QED) is 0.417. The second-order valence-corrected chi connectivity index (χ2v) is 10.9. The molecule has 9 heteroatoms. The molecule has 1 N–H and O–H groups in total. The van der Waals surface area contributed by atoms with Crippen molar-refractivity contribution in [3.8, 4) is 11.3 Å². The van der Waals surface area contributed by atoms with Gasteiger partial charge in [-0.15, -0.1) is 0 Å². The molecule has 0 fully saturated rings. The third kappa shape index (κ3) is 5.43. The van der Waals surface area contributed by atoms with Crippen LogP contribution >= 0.6 is 0 Å². The summed E-state index contributed by atoms with van der Waals surface area (Å²) in [5.41, 5.74) is 0.605. The molecule has 4 rings (SSSR count). The summed E-state index contributed by atoms with van der Waals surface area (Å²) in [5.74, 6) is -1.43. The monoisotopic (exact) mass is 523 g/mol. The van der Waals surface area contributed by atoms with Gasteiger partial charge in [0.2, 0.25) is 0 Å². The van der Waals surface area contributed by atoms with Gasteiger partial charge in [-0.05, 0) is 69.7 Å². The Labute approximate surface area is 222 Å². The van der Waals surface area contributed by atoms with Gasteiger partial charge in [0.15, 0.2) is 0 Å². The van der Waals surface area contributed by atoms with Gasteiger partial charge in [-0.25, -0.2) is 13.8 Å². The van der Waals surface area contributed by atoms with Gasteiger partial charge in [-0.1, -0.05) is 26.3 Å². The molecule has 1 amide bonds. The van der Waals surface area contributed by atoms with Crippen LogP contribution in [0.25, 0.3) is 11.3 Å². The van der Waals surface area contributed by atoms with Crippen molar-refractivity contribution in [2.75, 3.05) is 13.1 Å². The Balaban J connectivity index is 1.68. The molecule has 2 heterocycles. The molecule has 0 aliphatic heterocycles. The van der Waals surface area contributed by atoms with E-state index in [1.54, 1.807) is 24.8 Å². The van der Waals surface area contributed by atoms with E-state index in [4.69, 9.17) is 0 Å². The van der Waals surface area contributed by atoms with Crippen molar-refractivity contribution >= 4 is 5.91 Å². The van der Waals surface area contributed by atoms with E-state index in [1.807, 2.05) is 6.92 Å². The molecule has 38 heavy (non-hydrogen) atoms. The number of nitrogens with zero attached hydrogens (tertiary/aromatic N) is 5. The van der Waals surface area contributed by atoms with Crippen molar-refractivity contribution in [1.82, 2.24) is 25.1 Å². The topological polar surface area (TPSA) is 92.1 Å². The van der Waals surface area contributed by atoms with Crippen molar-refractivity contribution in [3.63, 3.8) is 0 Å². The van der Waals surface area contributed by atoms with E-state index in [2.05, 4.69) is 34.0 Å². The van der Waals surface area contributed by atoms with Gasteiger partial charge in [0.25, 0.3) is 5.91 Å². The molecule has 7 nitrogen and oxygen atoms in total. The Bertz CT molecular complexity index is 1290. The van der Waals surface area contributed by atoms with E-state index in [0.717, 1.165) is 36.9 Å². The van der Waals surface area contributed by atoms with Crippen LogP contribution < -0.4 is 0 Å². The fourth-order valence-corrected chi connectivity index (χ4v) is 5.28. The molecule has 202 valence electrons. The number of fused-ring (bicyclic) bond motifs is 1. The van der Waals surface area contributed by atoms with Gasteiger partial charge in [-0.3, -0.25) is 9.78 Å². The predicted molar refractivity (Wildman–Crippen MR) is 140 cm³/mol. The number of carbonyl (C=O) groups excluding carboxylic acids is 1. The van der Waals surface area contributed by atoms with E-state index in [1.165, 1.54) is 30.6 Å². The van der Waals surface area contributed by atoms with Gasteiger partial charge in [0.05, 0.1) is 35.0 Å². The second-order valence-electron chi connectivity index (χ2n) is 10.9. The molecule has 0 saturated heterocycles. The van der Waals surface area contributed by atoms with Gasteiger partial charge in [-0.2, -0.15) is 10.2 Å². The zero-order valence-electron chi connectivity index (χ0n) is 22.6. The van der Waals surface area contributed by atoms with Gasteiger partial charge >= 0.3 is 0 Å². The van der Waals surface area contributed by atoms with Crippen molar-refractivity contribution in [2.45, 2.75) is 77.2 Å². The maximum absolute atomic E-state index is 14.5. The van der Waals surface area contributed by atoms with Crippen molar-refractivity contribution in [1.29, 1.82) is 0 Å². The zero-order valence-corrected chi connectivity index (χ0v) is 22.6. The van der Waals surface area contributed by atoms with Crippen LogP contribution in [0.15, 0.2) is 36.7 Å². The number of aromatic nitrogens is 4. The first-order valence-corrected chi connectivity index (χ1v) is 13.1. The number of carbonyl (C=O) groups is 1. The third-order valence-electron chi connectivity index (χ3n) is 7.44. The van der Waals surface area contributed by atoms with Crippen molar-refractivity contribution in [3.05, 3.63) is 70.9 Å². The molecule has 1 aromatic carbocycles. The van der Waals surface area contributed by atoms with Crippen LogP contribution in [0, 0.1) is 11.6 Å². The summed E-state index contributed by atoms with van der Waals surface area (Å²) in [7, 11) is 0. The molecular formula is C29H35F2N5O2. The lowest BCUT2D eigenvalue weighted by atomic mass is 9.69. The molecule has 1 aliphatic rings. The Morgan fingerprint density at radius 2 is 1.87 bits per heavy atom. The molecule has 2 atom stereocenters. The summed E-state index contributed by atoms with van der Waals surface area (Å²) in [6.45, 7) is 10.1. The number of likely N-dealkylation sites (N-methyl/N-ethyl adjacent to an activating group) is 1. The number of aliphatic hydroxyl groups is 1. The normalized spacial score (nSPS) is 19.2. The Hall–Kier alpha value is -3.33. The van der Waals surface area contributed by atoms with Crippen LogP contribution in [0.5, 0.6) is 0 Å². The molecule has 2 aromatic heterocycles. The Kier molecular flexibility index (Phi) is 7.88. The Morgan fingerprint density at radius 3 is 2.45 bits per heavy atom. The standard InChI is InChI=1S/C29H35F2N5O2/c1-6-9-18-12-13-29(5,17-36(7-2)27(37)23-15-33-24(16-32-23)28(3,4)38)26-19(18)14-22(34-35-26)25-20(30)10-8-11-21(25)31/h8,10-11,14-16,18,38H,6-7,9,12-13,17H2,1-5H3/t18-,29+/m0/s1. The van der Waals surface area contributed by atoms with Crippen LogP contribution in [-0.4, -0.2) is 49.2 Å². The van der Waals surface area contributed by atoms with Crippen LogP contribution in [0.4, 0.5) is 8.78 Å². The number of hydrogen-bond donors (Lipinski definition) is 1. The zero-order chi connectivity index (χ0) is 27.7. The third-order valence-corrected chi connectivity index (χ3v) is 7.44. The minimum Gasteiger partial charge on any atom is -0.384 e. The van der Waals surface area contributed by atoms with E-state index < -0.39 is 22.7 Å². The fraction of sp³-hybridized carbons (Fsp3) is 0.483. The number of hydrogen-bond acceptors (Lipinski definition) is 6. The molecule has 0 unspecified atom stereocenters. The number of amides is 1. The highest BCUT2D eigenvalue weighted by Crippen LogP contribution is 2.45. The van der Waals surface area contributed by atoms with Gasteiger partial charge in [0.1, 0.15) is 22.9 Å². The molecule has 0 radical (unpaired) electrons. The van der Waals surface area contributed by atoms with Crippen LogP contribution in [0.2, 0.25) is 0 Å². The summed E-state index contributed by atoms with van der Waals surface area (Å²) in [6, 6.07) is 5.54. The predicted octanol–water partition coefficient (Wildman–Crippen LogP) is 5.54. The highest BCUT2D eigenvalue weighted by Gasteiger charge is 2.40. The summed E-state index contributed by atoms with van der Waals surface area (Å²) < 4.78 is 29.1. The lowest BCUT2D eigenvalue weighted by Crippen LogP contribution is -2.45. The van der Waals surface area contributed by atoms with E-state index >= 15 is 0 Å². The highest BCUT2D eigenvalue weighted by atomic mass is 19.1. The SMILES string of the molecule is CCC[C@H]1CC[C@](C)(CN(CC)C(=O)c2cnc(C(C)(C)O)cn2)c2nnc(-c3c(F)cccc3F)cc21. The van der Waals surface area contributed by atoms with Crippen LogP contribution in [-0.2, 0) is 11.0 Å². The van der Waals surface area contributed by atoms with Crippen molar-refractivity contribution in [2.24, 2.45) is 0 Å². The second kappa shape index (κ2) is 10.8. The minimum atomic E-state index is -1.16. The van der Waals surface area contributed by atoms with E-state index in [9.17, 15) is 18.7 Å². The van der Waals surface area contributed by atoms with Crippen LogP contribution in [0.3, 0.4) is 0 Å². The molecule has 1 aliphatic carbocycles. The smallest absolute Gasteiger partial charge is 0.274 e. The molecule has 3 aromatic rings. The van der Waals surface area contributed by atoms with E-state index in [-0.39, 0.29) is 28.8 Å². The largest absolute Gasteiger partial charge is 0.384 e. The van der Waals surface area contributed by atoms with Gasteiger partial charge in [0, 0.05) is 18.5 Å². The lowest BCUT2D eigenvalue weighted by Gasteiger charge is -2.41. The molecule has 0 saturated carbocycles. The van der Waals surface area contributed by atoms with Gasteiger partial charge < -0.3 is 10.0 Å². The Morgan fingerprint density at radius 1 is 1.16 bits per heavy atom. The van der Waals surface area contributed by atoms with Crippen LogP contribution in [0.1, 0.15) is 93.7 Å². The maximum atomic E-state index is 14.5. The maximum Gasteiger partial charge on any atom is 0.274 e. The van der Waals surface area contributed by atoms with E-state index in [0.29, 0.717) is 18.8 Å². The number of benzene rings is 1. The highest BCUT2D eigenvalue weighted by molar-refractivity contribution is 5.92. The first-order valence-electron chi connectivity index (χ1n) is 13.1. The van der Waals surface area contributed by atoms with Crippen molar-refractivity contribution < 1.29 is 18.7 Å². The lowest BCUT2D eigenvalue weighted by molar-refractivity contribution is 0.0689. The molecular weight excluding hydrogens is 488 g/mol. The summed E-state index contributed by atoms with van der Waals surface area (Å²) in [6.07, 6.45) is 6.36. The fourth-order valence-electron chi connectivity index (χ4n) is 5.28.